The van der Waals surface area contributed by atoms with Gasteiger partial charge >= 0.3 is 0 Å². The third kappa shape index (κ3) is 6.77. The molecule has 3 rings (SSSR count). The van der Waals surface area contributed by atoms with Gasteiger partial charge in [-0.25, -0.2) is 0 Å². The normalized spacial score (nSPS) is 10.8. The van der Waals surface area contributed by atoms with E-state index in [1.165, 1.54) is 29.2 Å². The van der Waals surface area contributed by atoms with E-state index in [2.05, 4.69) is 0 Å². The highest BCUT2D eigenvalue weighted by atomic mass is 16.6. The van der Waals surface area contributed by atoms with Gasteiger partial charge in [0.05, 0.1) is 17.7 Å². The maximum Gasteiger partial charge on any atom is 0.270 e. The van der Waals surface area contributed by atoms with Crippen molar-refractivity contribution in [1.82, 2.24) is 9.80 Å². The highest BCUT2D eigenvalue weighted by Gasteiger charge is 2.25. The number of amides is 2. The SMILES string of the molecule is CC(C)CN(CC(=O)N(Cc1ccccc1)Cc1ccco1)C(=O)c1cccc([N+](=O)[O-])c1. The lowest BCUT2D eigenvalue weighted by Crippen LogP contribution is -2.43. The minimum absolute atomic E-state index is 0.105. The van der Waals surface area contributed by atoms with Crippen molar-refractivity contribution in [2.75, 3.05) is 13.1 Å². The second-order valence-electron chi connectivity index (χ2n) is 8.20. The van der Waals surface area contributed by atoms with Crippen molar-refractivity contribution in [3.8, 4) is 0 Å². The van der Waals surface area contributed by atoms with E-state index in [-0.39, 0.29) is 36.2 Å². The van der Waals surface area contributed by atoms with Crippen LogP contribution in [-0.2, 0) is 17.9 Å². The number of benzene rings is 2. The van der Waals surface area contributed by atoms with Gasteiger partial charge in [-0.3, -0.25) is 19.7 Å². The summed E-state index contributed by atoms with van der Waals surface area (Å²) in [7, 11) is 0. The van der Waals surface area contributed by atoms with Crippen molar-refractivity contribution in [2.45, 2.75) is 26.9 Å². The first kappa shape index (κ1) is 23.7. The monoisotopic (exact) mass is 449 g/mol. The maximum absolute atomic E-state index is 13.4. The van der Waals surface area contributed by atoms with Gasteiger partial charge in [0.25, 0.3) is 11.6 Å². The smallest absolute Gasteiger partial charge is 0.270 e. The van der Waals surface area contributed by atoms with Gasteiger partial charge in [-0.2, -0.15) is 0 Å². The molecule has 2 aromatic carbocycles. The number of hydrogen-bond acceptors (Lipinski definition) is 5. The predicted octanol–water partition coefficient (Wildman–Crippen LogP) is 4.52. The first-order valence-corrected chi connectivity index (χ1v) is 10.7. The number of carbonyl (C=O) groups excluding carboxylic acids is 2. The van der Waals surface area contributed by atoms with Gasteiger partial charge in [0.2, 0.25) is 5.91 Å². The Bertz CT molecular complexity index is 1080. The second-order valence-corrected chi connectivity index (χ2v) is 8.20. The fraction of sp³-hybridized carbons (Fsp3) is 0.280. The topological polar surface area (TPSA) is 96.9 Å². The summed E-state index contributed by atoms with van der Waals surface area (Å²) in [6, 6.07) is 18.7. The minimum atomic E-state index is -0.542. The number of nitrogens with zero attached hydrogens (tertiary/aromatic N) is 3. The van der Waals surface area contributed by atoms with Crippen LogP contribution in [0.1, 0.15) is 35.5 Å². The van der Waals surface area contributed by atoms with Gasteiger partial charge < -0.3 is 14.2 Å². The molecule has 33 heavy (non-hydrogen) atoms. The number of rotatable bonds is 10. The average molecular weight is 450 g/mol. The number of non-ortho nitro benzene ring substituents is 1. The van der Waals surface area contributed by atoms with E-state index in [4.69, 9.17) is 4.42 Å². The maximum atomic E-state index is 13.4. The number of nitro groups is 1. The first-order valence-electron chi connectivity index (χ1n) is 10.7. The van der Waals surface area contributed by atoms with Gasteiger partial charge in [-0.1, -0.05) is 50.2 Å². The fourth-order valence-electron chi connectivity index (χ4n) is 3.49. The highest BCUT2D eigenvalue weighted by molar-refractivity contribution is 5.97. The third-order valence-electron chi connectivity index (χ3n) is 5.00. The van der Waals surface area contributed by atoms with Crippen LogP contribution in [0.5, 0.6) is 0 Å². The summed E-state index contributed by atoms with van der Waals surface area (Å²) in [5.41, 5.74) is 0.969. The van der Waals surface area contributed by atoms with Crippen molar-refractivity contribution in [3.63, 3.8) is 0 Å². The molecule has 0 saturated heterocycles. The van der Waals surface area contributed by atoms with Crippen LogP contribution >= 0.6 is 0 Å². The molecule has 8 heteroatoms. The minimum Gasteiger partial charge on any atom is -0.467 e. The molecule has 0 fully saturated rings. The Morgan fingerprint density at radius 2 is 1.73 bits per heavy atom. The first-order chi connectivity index (χ1) is 15.8. The van der Waals surface area contributed by atoms with Crippen molar-refractivity contribution < 1.29 is 18.9 Å². The Kier molecular flexibility index (Phi) is 7.96. The van der Waals surface area contributed by atoms with E-state index in [0.29, 0.717) is 18.8 Å². The Morgan fingerprint density at radius 3 is 2.36 bits per heavy atom. The number of nitro benzene ring substituents is 1. The number of furan rings is 1. The van der Waals surface area contributed by atoms with Crippen LogP contribution in [0, 0.1) is 16.0 Å². The molecule has 2 amide bonds. The van der Waals surface area contributed by atoms with E-state index in [0.717, 1.165) is 5.56 Å². The van der Waals surface area contributed by atoms with Crippen LogP contribution in [0.2, 0.25) is 0 Å². The molecular weight excluding hydrogens is 422 g/mol. The van der Waals surface area contributed by atoms with Crippen molar-refractivity contribution in [2.24, 2.45) is 5.92 Å². The zero-order chi connectivity index (χ0) is 23.8. The molecule has 0 atom stereocenters. The quantitative estimate of drug-likeness (QED) is 0.335. The van der Waals surface area contributed by atoms with Crippen LogP contribution < -0.4 is 0 Å². The molecular formula is C25H27N3O5. The lowest BCUT2D eigenvalue weighted by molar-refractivity contribution is -0.384. The van der Waals surface area contributed by atoms with Gasteiger partial charge in [-0.05, 0) is 29.7 Å². The standard InChI is InChI=1S/C25H27N3O5/c1-19(2)15-27(25(30)21-10-6-11-22(14-21)28(31)32)18-24(29)26(17-23-12-7-13-33-23)16-20-8-4-3-5-9-20/h3-14,19H,15-18H2,1-2H3. The molecule has 1 aromatic heterocycles. The van der Waals surface area contributed by atoms with Crippen LogP contribution in [0.15, 0.2) is 77.4 Å². The van der Waals surface area contributed by atoms with E-state index >= 15 is 0 Å². The molecule has 0 unspecified atom stereocenters. The zero-order valence-electron chi connectivity index (χ0n) is 18.7. The molecule has 0 N–H and O–H groups in total. The molecule has 0 saturated carbocycles. The van der Waals surface area contributed by atoms with Gasteiger partial charge in [0.15, 0.2) is 0 Å². The van der Waals surface area contributed by atoms with Crippen LogP contribution in [0.4, 0.5) is 5.69 Å². The Balaban J connectivity index is 1.82. The average Bonchev–Trinajstić information content (AvgIpc) is 3.31. The van der Waals surface area contributed by atoms with E-state index < -0.39 is 10.8 Å². The van der Waals surface area contributed by atoms with Crippen LogP contribution in [0.3, 0.4) is 0 Å². The number of hydrogen-bond donors (Lipinski definition) is 0. The molecule has 1 heterocycles. The molecule has 8 nitrogen and oxygen atoms in total. The molecule has 0 aliphatic carbocycles. The van der Waals surface area contributed by atoms with E-state index in [9.17, 15) is 19.7 Å². The summed E-state index contributed by atoms with van der Waals surface area (Å²) < 4.78 is 5.44. The summed E-state index contributed by atoms with van der Waals surface area (Å²) in [6.07, 6.45) is 1.55. The molecule has 172 valence electrons. The van der Waals surface area contributed by atoms with Crippen LogP contribution in [0.25, 0.3) is 0 Å². The Hall–Kier alpha value is -3.94. The molecule has 0 aliphatic heterocycles. The van der Waals surface area contributed by atoms with Crippen molar-refractivity contribution in [1.29, 1.82) is 0 Å². The Labute approximate surface area is 192 Å². The Morgan fingerprint density at radius 1 is 0.970 bits per heavy atom. The summed E-state index contributed by atoms with van der Waals surface area (Å²) in [5.74, 6) is 0.0842. The molecule has 0 radical (unpaired) electrons. The molecule has 0 aliphatic rings. The van der Waals surface area contributed by atoms with Gasteiger partial charge in [0, 0.05) is 30.8 Å². The van der Waals surface area contributed by atoms with E-state index in [1.54, 1.807) is 23.3 Å². The summed E-state index contributed by atoms with van der Waals surface area (Å²) >= 11 is 0. The lowest BCUT2D eigenvalue weighted by atomic mass is 10.1. The highest BCUT2D eigenvalue weighted by Crippen LogP contribution is 2.17. The lowest BCUT2D eigenvalue weighted by Gasteiger charge is -2.28. The predicted molar refractivity (Wildman–Crippen MR) is 123 cm³/mol. The molecule has 3 aromatic rings. The zero-order valence-corrected chi connectivity index (χ0v) is 18.7. The van der Waals surface area contributed by atoms with E-state index in [1.807, 2.05) is 44.2 Å². The van der Waals surface area contributed by atoms with Crippen molar-refractivity contribution in [3.05, 3.63) is 100.0 Å². The number of carbonyl (C=O) groups is 2. The van der Waals surface area contributed by atoms with Crippen molar-refractivity contribution >= 4 is 17.5 Å². The summed E-state index contributed by atoms with van der Waals surface area (Å²) in [5, 5.41) is 11.1. The summed E-state index contributed by atoms with van der Waals surface area (Å²) in [4.78, 5) is 40.2. The fourth-order valence-corrected chi connectivity index (χ4v) is 3.49. The van der Waals surface area contributed by atoms with Gasteiger partial charge in [-0.15, -0.1) is 0 Å². The molecule has 0 bridgehead atoms. The summed E-state index contributed by atoms with van der Waals surface area (Å²) in [6.45, 7) is 4.72. The van der Waals surface area contributed by atoms with Gasteiger partial charge in [0.1, 0.15) is 12.3 Å². The van der Waals surface area contributed by atoms with Crippen LogP contribution in [-0.4, -0.2) is 39.6 Å². The second kappa shape index (κ2) is 11.1. The largest absolute Gasteiger partial charge is 0.467 e. The molecule has 0 spiro atoms. The third-order valence-corrected chi connectivity index (χ3v) is 5.00.